The van der Waals surface area contributed by atoms with Gasteiger partial charge in [-0.25, -0.2) is 19.7 Å². The standard InChI is InChI=1S/C27H25F3N8O/c1-35-8-10-37(11-9-35)25-32-13-17(14-33-25)21-6-7-22-23(34-21)24-18(15-31-22)16-36(2)26(39)38(24)20-5-3-4-19(12-20)27(28,29)30/h3-7,12-15H,8-11,16H2,1-2H3. The normalized spacial score (nSPS) is 16.6. The van der Waals surface area contributed by atoms with Crippen LogP contribution in [0.15, 0.2) is 55.0 Å². The summed E-state index contributed by atoms with van der Waals surface area (Å²) in [5.74, 6) is 0.649. The zero-order chi connectivity index (χ0) is 27.3. The Morgan fingerprint density at radius 1 is 0.897 bits per heavy atom. The lowest BCUT2D eigenvalue weighted by Crippen LogP contribution is -2.45. The molecule has 3 aromatic heterocycles. The van der Waals surface area contributed by atoms with Crippen LogP contribution in [-0.2, 0) is 12.7 Å². The Morgan fingerprint density at radius 3 is 2.36 bits per heavy atom. The summed E-state index contributed by atoms with van der Waals surface area (Å²) < 4.78 is 40.5. The van der Waals surface area contributed by atoms with Crippen LogP contribution in [0.2, 0.25) is 0 Å². The average Bonchev–Trinajstić information content (AvgIpc) is 2.93. The summed E-state index contributed by atoms with van der Waals surface area (Å²) in [4.78, 5) is 38.9. The van der Waals surface area contributed by atoms with Gasteiger partial charge in [0.1, 0.15) is 5.52 Å². The predicted octanol–water partition coefficient (Wildman–Crippen LogP) is 4.56. The number of pyridine rings is 2. The lowest BCUT2D eigenvalue weighted by atomic mass is 10.1. The molecule has 1 aromatic carbocycles. The Morgan fingerprint density at radius 2 is 1.64 bits per heavy atom. The van der Waals surface area contributed by atoms with E-state index in [-0.39, 0.29) is 12.2 Å². The molecular formula is C27H25F3N8O. The molecule has 0 atom stereocenters. The highest BCUT2D eigenvalue weighted by Gasteiger charge is 2.35. The number of amides is 2. The molecule has 1 fully saturated rings. The summed E-state index contributed by atoms with van der Waals surface area (Å²) in [6.45, 7) is 3.81. The Labute approximate surface area is 222 Å². The molecule has 0 aliphatic carbocycles. The van der Waals surface area contributed by atoms with Gasteiger partial charge in [-0.2, -0.15) is 13.2 Å². The molecule has 0 radical (unpaired) electrons. The maximum atomic E-state index is 13.5. The maximum absolute atomic E-state index is 13.5. The number of likely N-dealkylation sites (N-methyl/N-ethyl adjacent to an activating group) is 1. The molecular weight excluding hydrogens is 509 g/mol. The first-order chi connectivity index (χ1) is 18.7. The van der Waals surface area contributed by atoms with Crippen molar-refractivity contribution in [1.82, 2.24) is 29.7 Å². The van der Waals surface area contributed by atoms with Crippen LogP contribution in [0, 0.1) is 0 Å². The van der Waals surface area contributed by atoms with Gasteiger partial charge in [0.05, 0.1) is 34.7 Å². The van der Waals surface area contributed by atoms with Gasteiger partial charge in [-0.15, -0.1) is 0 Å². The third-order valence-corrected chi connectivity index (χ3v) is 7.06. The van der Waals surface area contributed by atoms with Crippen LogP contribution in [0.1, 0.15) is 11.1 Å². The summed E-state index contributed by atoms with van der Waals surface area (Å²) in [6.07, 6.45) is 0.504. The highest BCUT2D eigenvalue weighted by Crippen LogP contribution is 2.41. The molecule has 6 rings (SSSR count). The number of anilines is 3. The van der Waals surface area contributed by atoms with Crippen LogP contribution in [0.5, 0.6) is 0 Å². The first-order valence-corrected chi connectivity index (χ1v) is 12.5. The number of benzene rings is 1. The van der Waals surface area contributed by atoms with E-state index in [0.717, 1.165) is 38.3 Å². The Hall–Kier alpha value is -4.32. The number of piperazine rings is 1. The monoisotopic (exact) mass is 534 g/mol. The van der Waals surface area contributed by atoms with Crippen LogP contribution in [-0.4, -0.2) is 76.0 Å². The van der Waals surface area contributed by atoms with Crippen molar-refractivity contribution in [3.8, 4) is 11.3 Å². The smallest absolute Gasteiger partial charge is 0.338 e. The summed E-state index contributed by atoms with van der Waals surface area (Å²) in [6, 6.07) is 7.84. The molecule has 2 aliphatic heterocycles. The van der Waals surface area contributed by atoms with E-state index in [4.69, 9.17) is 4.98 Å². The summed E-state index contributed by atoms with van der Waals surface area (Å²) in [5.41, 5.74) is 2.52. The second-order valence-corrected chi connectivity index (χ2v) is 9.78. The van der Waals surface area contributed by atoms with Gasteiger partial charge in [0.2, 0.25) is 5.95 Å². The molecule has 1 saturated heterocycles. The van der Waals surface area contributed by atoms with E-state index < -0.39 is 17.8 Å². The van der Waals surface area contributed by atoms with Gasteiger partial charge < -0.3 is 14.7 Å². The molecule has 0 bridgehead atoms. The number of halogens is 3. The van der Waals surface area contributed by atoms with E-state index in [0.29, 0.717) is 39.5 Å². The molecule has 39 heavy (non-hydrogen) atoms. The van der Waals surface area contributed by atoms with Crippen molar-refractivity contribution in [2.75, 3.05) is 50.1 Å². The predicted molar refractivity (Wildman–Crippen MR) is 141 cm³/mol. The molecule has 9 nitrogen and oxygen atoms in total. The second-order valence-electron chi connectivity index (χ2n) is 9.78. The van der Waals surface area contributed by atoms with E-state index >= 15 is 0 Å². The zero-order valence-corrected chi connectivity index (χ0v) is 21.4. The zero-order valence-electron chi connectivity index (χ0n) is 21.4. The van der Waals surface area contributed by atoms with Crippen molar-refractivity contribution in [2.45, 2.75) is 12.7 Å². The van der Waals surface area contributed by atoms with Crippen LogP contribution < -0.4 is 9.80 Å². The fourth-order valence-electron chi connectivity index (χ4n) is 4.89. The molecule has 0 spiro atoms. The summed E-state index contributed by atoms with van der Waals surface area (Å²) >= 11 is 0. The minimum atomic E-state index is -4.55. The van der Waals surface area contributed by atoms with Crippen molar-refractivity contribution in [3.63, 3.8) is 0 Å². The van der Waals surface area contributed by atoms with Crippen LogP contribution in [0.4, 0.5) is 35.3 Å². The first kappa shape index (κ1) is 25.0. The number of hydrogen-bond donors (Lipinski definition) is 0. The summed E-state index contributed by atoms with van der Waals surface area (Å²) in [7, 11) is 3.68. The van der Waals surface area contributed by atoms with Gasteiger partial charge in [0.15, 0.2) is 0 Å². The van der Waals surface area contributed by atoms with Gasteiger partial charge in [0, 0.05) is 62.9 Å². The van der Waals surface area contributed by atoms with Gasteiger partial charge in [-0.05, 0) is 37.4 Å². The lowest BCUT2D eigenvalue weighted by molar-refractivity contribution is -0.137. The molecule has 200 valence electrons. The van der Waals surface area contributed by atoms with Crippen molar-refractivity contribution in [2.24, 2.45) is 0 Å². The Balaban J connectivity index is 1.43. The van der Waals surface area contributed by atoms with Gasteiger partial charge in [-0.1, -0.05) is 6.07 Å². The SMILES string of the molecule is CN1CCN(c2ncc(-c3ccc4ncc5c(c4n3)N(c3cccc(C(F)(F)F)c3)C(=O)N(C)C5)cn2)CC1. The number of rotatable bonds is 3. The lowest BCUT2D eigenvalue weighted by Gasteiger charge is -2.35. The molecule has 5 heterocycles. The number of aromatic nitrogens is 4. The van der Waals surface area contributed by atoms with E-state index in [1.807, 2.05) is 0 Å². The molecule has 4 aromatic rings. The number of urea groups is 1. The number of nitrogens with zero attached hydrogens (tertiary/aromatic N) is 8. The quantitative estimate of drug-likeness (QED) is 0.381. The summed E-state index contributed by atoms with van der Waals surface area (Å²) in [5, 5.41) is 0. The maximum Gasteiger partial charge on any atom is 0.416 e. The van der Waals surface area contributed by atoms with Gasteiger partial charge in [-0.3, -0.25) is 9.88 Å². The Bertz CT molecular complexity index is 1550. The number of carbonyl (C=O) groups is 1. The van der Waals surface area contributed by atoms with Gasteiger partial charge in [0.25, 0.3) is 0 Å². The Kier molecular flexibility index (Phi) is 6.06. The molecule has 2 aliphatic rings. The molecule has 0 N–H and O–H groups in total. The second kappa shape index (κ2) is 9.45. The first-order valence-electron chi connectivity index (χ1n) is 12.5. The fourth-order valence-corrected chi connectivity index (χ4v) is 4.89. The third kappa shape index (κ3) is 4.60. The van der Waals surface area contributed by atoms with E-state index in [1.165, 1.54) is 21.9 Å². The van der Waals surface area contributed by atoms with E-state index in [1.54, 1.807) is 37.8 Å². The molecule has 0 unspecified atom stereocenters. The minimum Gasteiger partial charge on any atom is -0.338 e. The van der Waals surface area contributed by atoms with Crippen molar-refractivity contribution >= 4 is 34.4 Å². The fraction of sp³-hybridized carbons (Fsp3) is 0.296. The number of carbonyl (C=O) groups excluding carboxylic acids is 1. The highest BCUT2D eigenvalue weighted by molar-refractivity contribution is 6.08. The topological polar surface area (TPSA) is 81.6 Å². The minimum absolute atomic E-state index is 0.0993. The van der Waals surface area contributed by atoms with Crippen LogP contribution in [0.3, 0.4) is 0 Å². The third-order valence-electron chi connectivity index (χ3n) is 7.06. The van der Waals surface area contributed by atoms with Crippen LogP contribution in [0.25, 0.3) is 22.3 Å². The van der Waals surface area contributed by atoms with Crippen LogP contribution >= 0.6 is 0 Å². The number of fused-ring (bicyclic) bond motifs is 3. The van der Waals surface area contributed by atoms with Gasteiger partial charge >= 0.3 is 12.2 Å². The van der Waals surface area contributed by atoms with Crippen molar-refractivity contribution < 1.29 is 18.0 Å². The number of alkyl halides is 3. The molecule has 0 saturated carbocycles. The molecule has 12 heteroatoms. The van der Waals surface area contributed by atoms with E-state index in [9.17, 15) is 18.0 Å². The average molecular weight is 535 g/mol. The highest BCUT2D eigenvalue weighted by atomic mass is 19.4. The molecule has 2 amide bonds. The largest absolute Gasteiger partial charge is 0.416 e. The van der Waals surface area contributed by atoms with E-state index in [2.05, 4.69) is 31.8 Å². The van der Waals surface area contributed by atoms with Crippen molar-refractivity contribution in [3.05, 3.63) is 66.1 Å². The number of hydrogen-bond acceptors (Lipinski definition) is 7. The van der Waals surface area contributed by atoms with Crippen molar-refractivity contribution in [1.29, 1.82) is 0 Å².